The van der Waals surface area contributed by atoms with Gasteiger partial charge in [0.1, 0.15) is 5.82 Å². The summed E-state index contributed by atoms with van der Waals surface area (Å²) in [6.45, 7) is 2.22. The molecule has 92 valence electrons. The van der Waals surface area contributed by atoms with Gasteiger partial charge in [0.25, 0.3) is 0 Å². The number of aliphatic hydroxyl groups is 1. The third-order valence-electron chi connectivity index (χ3n) is 2.51. The van der Waals surface area contributed by atoms with Crippen molar-refractivity contribution < 1.29 is 5.11 Å². The SMILES string of the molecule is CC(CCCO)Nc1nc(N)nc2[nH]ncc12. The standard InChI is InChI=1S/C10H16N6O/c1-6(3-2-4-17)13-8-7-5-12-16-9(7)15-10(11)14-8/h5-6,17H,2-4H2,1H3,(H4,11,12,13,14,15,16). The highest BCUT2D eigenvalue weighted by molar-refractivity contribution is 5.86. The molecule has 2 aromatic rings. The molecule has 0 radical (unpaired) electrons. The van der Waals surface area contributed by atoms with E-state index in [1.807, 2.05) is 6.92 Å². The second kappa shape index (κ2) is 4.96. The van der Waals surface area contributed by atoms with Gasteiger partial charge in [-0.1, -0.05) is 0 Å². The molecule has 0 aliphatic rings. The second-order valence-corrected chi connectivity index (χ2v) is 3.97. The van der Waals surface area contributed by atoms with E-state index in [0.29, 0.717) is 11.5 Å². The molecule has 0 amide bonds. The summed E-state index contributed by atoms with van der Waals surface area (Å²) in [5, 5.41) is 19.5. The maximum atomic E-state index is 8.78. The van der Waals surface area contributed by atoms with Crippen molar-refractivity contribution in [3.8, 4) is 0 Å². The first-order valence-electron chi connectivity index (χ1n) is 5.54. The third kappa shape index (κ3) is 2.62. The molecule has 0 fully saturated rings. The highest BCUT2D eigenvalue weighted by atomic mass is 16.2. The molecular weight excluding hydrogens is 220 g/mol. The van der Waals surface area contributed by atoms with Gasteiger partial charge in [0.15, 0.2) is 5.65 Å². The van der Waals surface area contributed by atoms with Gasteiger partial charge in [0, 0.05) is 12.6 Å². The van der Waals surface area contributed by atoms with E-state index in [1.54, 1.807) is 6.20 Å². The molecule has 1 atom stereocenters. The molecule has 2 aromatic heterocycles. The number of aliphatic hydroxyl groups excluding tert-OH is 1. The lowest BCUT2D eigenvalue weighted by molar-refractivity contribution is 0.282. The molecular formula is C10H16N6O. The molecule has 0 spiro atoms. The van der Waals surface area contributed by atoms with Crippen LogP contribution >= 0.6 is 0 Å². The first kappa shape index (κ1) is 11.6. The van der Waals surface area contributed by atoms with Gasteiger partial charge in [0.2, 0.25) is 5.95 Å². The lowest BCUT2D eigenvalue weighted by Crippen LogP contribution is -2.17. The first-order valence-corrected chi connectivity index (χ1v) is 5.54. The Morgan fingerprint density at radius 1 is 1.53 bits per heavy atom. The minimum absolute atomic E-state index is 0.194. The number of rotatable bonds is 5. The van der Waals surface area contributed by atoms with Crippen molar-refractivity contribution in [3.05, 3.63) is 6.20 Å². The van der Waals surface area contributed by atoms with Crippen molar-refractivity contribution in [1.82, 2.24) is 20.2 Å². The van der Waals surface area contributed by atoms with Crippen LogP contribution in [-0.4, -0.2) is 37.9 Å². The molecule has 2 heterocycles. The van der Waals surface area contributed by atoms with Crippen LogP contribution in [0.3, 0.4) is 0 Å². The zero-order valence-corrected chi connectivity index (χ0v) is 9.64. The summed E-state index contributed by atoms with van der Waals surface area (Å²) < 4.78 is 0. The van der Waals surface area contributed by atoms with Gasteiger partial charge in [-0.2, -0.15) is 15.1 Å². The van der Waals surface area contributed by atoms with Gasteiger partial charge in [-0.15, -0.1) is 0 Å². The fraction of sp³-hybridized carbons (Fsp3) is 0.500. The fourth-order valence-electron chi connectivity index (χ4n) is 1.67. The Hall–Kier alpha value is -1.89. The van der Waals surface area contributed by atoms with Crippen LogP contribution in [-0.2, 0) is 0 Å². The largest absolute Gasteiger partial charge is 0.396 e. The summed E-state index contributed by atoms with van der Waals surface area (Å²) >= 11 is 0. The summed E-state index contributed by atoms with van der Waals surface area (Å²) in [5.74, 6) is 0.880. The van der Waals surface area contributed by atoms with Crippen molar-refractivity contribution in [1.29, 1.82) is 0 Å². The average Bonchev–Trinajstić information content (AvgIpc) is 2.74. The zero-order chi connectivity index (χ0) is 12.3. The van der Waals surface area contributed by atoms with E-state index in [0.717, 1.165) is 18.2 Å². The minimum Gasteiger partial charge on any atom is -0.396 e. The number of hydrogen-bond donors (Lipinski definition) is 4. The first-order chi connectivity index (χ1) is 8.20. The number of hydrogen-bond acceptors (Lipinski definition) is 6. The summed E-state index contributed by atoms with van der Waals surface area (Å²) in [7, 11) is 0. The molecule has 2 rings (SSSR count). The Labute approximate surface area is 98.5 Å². The predicted octanol–water partition coefficient (Wildman–Crippen LogP) is 0.508. The van der Waals surface area contributed by atoms with Crippen LogP contribution < -0.4 is 11.1 Å². The molecule has 1 unspecified atom stereocenters. The van der Waals surface area contributed by atoms with E-state index >= 15 is 0 Å². The number of nitrogens with zero attached hydrogens (tertiary/aromatic N) is 3. The zero-order valence-electron chi connectivity index (χ0n) is 9.64. The molecule has 0 aromatic carbocycles. The monoisotopic (exact) mass is 236 g/mol. The number of aromatic nitrogens is 4. The van der Waals surface area contributed by atoms with Crippen molar-refractivity contribution in [2.24, 2.45) is 0 Å². The fourth-order valence-corrected chi connectivity index (χ4v) is 1.67. The number of fused-ring (bicyclic) bond motifs is 1. The van der Waals surface area contributed by atoms with E-state index in [4.69, 9.17) is 10.8 Å². The van der Waals surface area contributed by atoms with Gasteiger partial charge in [-0.05, 0) is 19.8 Å². The Kier molecular flexibility index (Phi) is 3.38. The molecule has 0 aliphatic heterocycles. The number of nitrogens with one attached hydrogen (secondary N) is 2. The van der Waals surface area contributed by atoms with Crippen LogP contribution in [0.1, 0.15) is 19.8 Å². The van der Waals surface area contributed by atoms with Crippen LogP contribution in [0.5, 0.6) is 0 Å². The van der Waals surface area contributed by atoms with Gasteiger partial charge in [-0.3, -0.25) is 5.10 Å². The molecule has 0 saturated heterocycles. The summed E-state index contributed by atoms with van der Waals surface area (Å²) in [6.07, 6.45) is 3.28. The number of anilines is 2. The van der Waals surface area contributed by atoms with Crippen molar-refractivity contribution in [3.63, 3.8) is 0 Å². The summed E-state index contributed by atoms with van der Waals surface area (Å²) in [4.78, 5) is 8.19. The highest BCUT2D eigenvalue weighted by Gasteiger charge is 2.10. The Balaban J connectivity index is 2.19. The van der Waals surface area contributed by atoms with E-state index in [2.05, 4.69) is 25.5 Å². The molecule has 7 nitrogen and oxygen atoms in total. The van der Waals surface area contributed by atoms with Crippen LogP contribution in [0.4, 0.5) is 11.8 Å². The normalized spacial score (nSPS) is 12.8. The Morgan fingerprint density at radius 2 is 2.35 bits per heavy atom. The number of nitrogen functional groups attached to an aromatic ring is 1. The van der Waals surface area contributed by atoms with E-state index in [1.165, 1.54) is 0 Å². The molecule has 0 aliphatic carbocycles. The topological polar surface area (TPSA) is 113 Å². The van der Waals surface area contributed by atoms with E-state index in [-0.39, 0.29) is 18.6 Å². The number of H-pyrrole nitrogens is 1. The van der Waals surface area contributed by atoms with Crippen LogP contribution in [0.25, 0.3) is 11.0 Å². The van der Waals surface area contributed by atoms with Crippen molar-refractivity contribution in [2.75, 3.05) is 17.7 Å². The minimum atomic E-state index is 0.194. The number of aromatic amines is 1. The molecule has 0 bridgehead atoms. The number of nitrogens with two attached hydrogens (primary N) is 1. The Bertz CT molecular complexity index is 497. The Morgan fingerprint density at radius 3 is 3.12 bits per heavy atom. The molecule has 5 N–H and O–H groups in total. The van der Waals surface area contributed by atoms with E-state index < -0.39 is 0 Å². The highest BCUT2D eigenvalue weighted by Crippen LogP contribution is 2.20. The maximum absolute atomic E-state index is 8.78. The van der Waals surface area contributed by atoms with Crippen LogP contribution in [0.2, 0.25) is 0 Å². The van der Waals surface area contributed by atoms with Crippen LogP contribution in [0.15, 0.2) is 6.20 Å². The maximum Gasteiger partial charge on any atom is 0.224 e. The lowest BCUT2D eigenvalue weighted by atomic mass is 10.2. The van der Waals surface area contributed by atoms with Gasteiger partial charge < -0.3 is 16.2 Å². The quantitative estimate of drug-likeness (QED) is 0.601. The molecule has 7 heteroatoms. The molecule has 0 saturated carbocycles. The predicted molar refractivity (Wildman–Crippen MR) is 65.5 cm³/mol. The van der Waals surface area contributed by atoms with Gasteiger partial charge in [-0.25, -0.2) is 0 Å². The van der Waals surface area contributed by atoms with Crippen molar-refractivity contribution in [2.45, 2.75) is 25.8 Å². The van der Waals surface area contributed by atoms with Crippen LogP contribution in [0, 0.1) is 0 Å². The van der Waals surface area contributed by atoms with E-state index in [9.17, 15) is 0 Å². The molecule has 17 heavy (non-hydrogen) atoms. The third-order valence-corrected chi connectivity index (χ3v) is 2.51. The summed E-state index contributed by atoms with van der Waals surface area (Å²) in [6, 6.07) is 0.203. The average molecular weight is 236 g/mol. The second-order valence-electron chi connectivity index (χ2n) is 3.97. The lowest BCUT2D eigenvalue weighted by Gasteiger charge is -2.14. The van der Waals surface area contributed by atoms with Crippen molar-refractivity contribution >= 4 is 22.8 Å². The van der Waals surface area contributed by atoms with Gasteiger partial charge in [0.05, 0.1) is 11.6 Å². The van der Waals surface area contributed by atoms with Gasteiger partial charge >= 0.3 is 0 Å². The smallest absolute Gasteiger partial charge is 0.224 e. The summed E-state index contributed by atoms with van der Waals surface area (Å²) in [5.41, 5.74) is 6.23.